The third kappa shape index (κ3) is 5.16. The highest BCUT2D eigenvalue weighted by Gasteiger charge is 2.22. The molecule has 0 aromatic carbocycles. The summed E-state index contributed by atoms with van der Waals surface area (Å²) in [5.41, 5.74) is 0. The van der Waals surface area contributed by atoms with Crippen LogP contribution in [0.3, 0.4) is 0 Å². The standard InChI is InChI=1S/C6H18O2Si2/c1-3-4-5-6-10(2,7)8-9/h7H,3-6H2,1-2,9H3. The summed E-state index contributed by atoms with van der Waals surface area (Å²) in [6.45, 7) is 4.04. The highest BCUT2D eigenvalue weighted by atomic mass is 28.4. The lowest BCUT2D eigenvalue weighted by atomic mass is 10.3. The van der Waals surface area contributed by atoms with Crippen molar-refractivity contribution in [3.8, 4) is 0 Å². The fourth-order valence-corrected chi connectivity index (χ4v) is 2.53. The summed E-state index contributed by atoms with van der Waals surface area (Å²) in [6, 6.07) is 0.907. The molecular formula is C6H18O2Si2. The van der Waals surface area contributed by atoms with E-state index >= 15 is 0 Å². The van der Waals surface area contributed by atoms with E-state index in [2.05, 4.69) is 6.92 Å². The number of hydrogen-bond acceptors (Lipinski definition) is 2. The van der Waals surface area contributed by atoms with Gasteiger partial charge in [0.15, 0.2) is 0 Å². The van der Waals surface area contributed by atoms with Crippen LogP contribution in [-0.2, 0) is 4.12 Å². The average Bonchev–Trinajstić information content (AvgIpc) is 1.89. The summed E-state index contributed by atoms with van der Waals surface area (Å²) in [7, 11) is -1.48. The Balaban J connectivity index is 3.28. The lowest BCUT2D eigenvalue weighted by molar-refractivity contribution is 0.395. The van der Waals surface area contributed by atoms with Crippen LogP contribution >= 0.6 is 0 Å². The third-order valence-corrected chi connectivity index (χ3v) is 6.48. The molecule has 0 aromatic rings. The van der Waals surface area contributed by atoms with Crippen LogP contribution in [0.2, 0.25) is 12.6 Å². The van der Waals surface area contributed by atoms with Gasteiger partial charge in [0.1, 0.15) is 10.5 Å². The van der Waals surface area contributed by atoms with Gasteiger partial charge in [-0.3, -0.25) is 0 Å². The first-order valence-electron chi connectivity index (χ1n) is 3.90. The van der Waals surface area contributed by atoms with E-state index in [0.717, 1.165) is 12.5 Å². The van der Waals surface area contributed by atoms with E-state index in [1.54, 1.807) is 0 Å². The Morgan fingerprint density at radius 1 is 1.50 bits per heavy atom. The zero-order chi connectivity index (χ0) is 8.04. The van der Waals surface area contributed by atoms with Gasteiger partial charge in [0.25, 0.3) is 0 Å². The van der Waals surface area contributed by atoms with Gasteiger partial charge in [-0.25, -0.2) is 0 Å². The van der Waals surface area contributed by atoms with Crippen molar-refractivity contribution in [1.82, 2.24) is 0 Å². The molecule has 0 radical (unpaired) electrons. The Morgan fingerprint density at radius 2 is 2.10 bits per heavy atom. The van der Waals surface area contributed by atoms with Crippen molar-refractivity contribution < 1.29 is 8.91 Å². The Kier molecular flexibility index (Phi) is 5.24. The Labute approximate surface area is 67.4 Å². The van der Waals surface area contributed by atoms with Gasteiger partial charge < -0.3 is 8.91 Å². The van der Waals surface area contributed by atoms with Gasteiger partial charge in [-0.2, -0.15) is 0 Å². The molecule has 0 aliphatic rings. The van der Waals surface area contributed by atoms with Crippen molar-refractivity contribution in [2.45, 2.75) is 38.8 Å². The summed E-state index contributed by atoms with van der Waals surface area (Å²) >= 11 is 0. The fraction of sp³-hybridized carbons (Fsp3) is 1.00. The molecule has 0 amide bonds. The summed E-state index contributed by atoms with van der Waals surface area (Å²) < 4.78 is 5.12. The Morgan fingerprint density at radius 3 is 2.50 bits per heavy atom. The molecule has 0 saturated carbocycles. The zero-order valence-corrected chi connectivity index (χ0v) is 10.2. The first-order chi connectivity index (χ1) is 4.62. The van der Waals surface area contributed by atoms with Crippen LogP contribution in [-0.4, -0.2) is 23.8 Å². The number of hydrogen-bond donors (Lipinski definition) is 1. The molecular weight excluding hydrogens is 160 g/mol. The van der Waals surface area contributed by atoms with Gasteiger partial charge in [-0.1, -0.05) is 26.2 Å². The molecule has 0 rings (SSSR count). The van der Waals surface area contributed by atoms with Crippen LogP contribution in [0, 0.1) is 0 Å². The fourth-order valence-electron chi connectivity index (χ4n) is 0.805. The van der Waals surface area contributed by atoms with Crippen LogP contribution in [0.25, 0.3) is 0 Å². The second-order valence-electron chi connectivity index (χ2n) is 2.84. The lowest BCUT2D eigenvalue weighted by Gasteiger charge is -2.17. The van der Waals surface area contributed by atoms with Gasteiger partial charge in [-0.05, 0) is 12.6 Å². The van der Waals surface area contributed by atoms with Crippen molar-refractivity contribution in [3.05, 3.63) is 0 Å². The monoisotopic (exact) mass is 178 g/mol. The predicted octanol–water partition coefficient (Wildman–Crippen LogP) is 0.538. The van der Waals surface area contributed by atoms with E-state index in [1.807, 2.05) is 6.55 Å². The van der Waals surface area contributed by atoms with Crippen LogP contribution in [0.5, 0.6) is 0 Å². The van der Waals surface area contributed by atoms with Gasteiger partial charge in [-0.15, -0.1) is 0 Å². The minimum Gasteiger partial charge on any atom is -0.445 e. The van der Waals surface area contributed by atoms with Crippen molar-refractivity contribution in [2.24, 2.45) is 0 Å². The molecule has 62 valence electrons. The van der Waals surface area contributed by atoms with E-state index in [0.29, 0.717) is 10.5 Å². The van der Waals surface area contributed by atoms with Crippen LogP contribution in [0.4, 0.5) is 0 Å². The molecule has 0 fully saturated rings. The summed E-state index contributed by atoms with van der Waals surface area (Å²) in [6.07, 6.45) is 3.55. The van der Waals surface area contributed by atoms with Gasteiger partial charge in [0.2, 0.25) is 0 Å². The Hall–Kier alpha value is 0.354. The van der Waals surface area contributed by atoms with Gasteiger partial charge in [0, 0.05) is 0 Å². The summed E-state index contributed by atoms with van der Waals surface area (Å²) in [5, 5.41) is 0. The second kappa shape index (κ2) is 5.06. The molecule has 1 unspecified atom stereocenters. The summed E-state index contributed by atoms with van der Waals surface area (Å²) in [4.78, 5) is 9.50. The summed E-state index contributed by atoms with van der Waals surface area (Å²) in [5.74, 6) is 0. The predicted molar refractivity (Wildman–Crippen MR) is 49.2 cm³/mol. The van der Waals surface area contributed by atoms with E-state index in [1.165, 1.54) is 12.8 Å². The maximum absolute atomic E-state index is 9.50. The highest BCUT2D eigenvalue weighted by molar-refractivity contribution is 6.67. The third-order valence-electron chi connectivity index (χ3n) is 1.68. The normalized spacial score (nSPS) is 17.1. The average molecular weight is 178 g/mol. The SMILES string of the molecule is CCCCC[Si](C)(O)O[SiH3]. The topological polar surface area (TPSA) is 29.5 Å². The molecule has 10 heavy (non-hydrogen) atoms. The lowest BCUT2D eigenvalue weighted by Crippen LogP contribution is -2.33. The van der Waals surface area contributed by atoms with Crippen LogP contribution in [0.1, 0.15) is 26.2 Å². The number of rotatable bonds is 5. The van der Waals surface area contributed by atoms with E-state index < -0.39 is 8.56 Å². The zero-order valence-electron chi connectivity index (χ0n) is 7.18. The van der Waals surface area contributed by atoms with Crippen molar-refractivity contribution in [1.29, 1.82) is 0 Å². The molecule has 0 aromatic heterocycles. The highest BCUT2D eigenvalue weighted by Crippen LogP contribution is 2.11. The van der Waals surface area contributed by atoms with Gasteiger partial charge >= 0.3 is 8.56 Å². The molecule has 4 heteroatoms. The number of unbranched alkanes of at least 4 members (excludes halogenated alkanes) is 2. The van der Waals surface area contributed by atoms with E-state index in [9.17, 15) is 4.80 Å². The van der Waals surface area contributed by atoms with E-state index in [4.69, 9.17) is 4.12 Å². The van der Waals surface area contributed by atoms with Crippen molar-refractivity contribution in [2.75, 3.05) is 0 Å². The molecule has 1 N–H and O–H groups in total. The first-order valence-corrected chi connectivity index (χ1v) is 7.28. The molecule has 0 aliphatic heterocycles. The smallest absolute Gasteiger partial charge is 0.321 e. The molecule has 0 spiro atoms. The maximum Gasteiger partial charge on any atom is 0.321 e. The van der Waals surface area contributed by atoms with Crippen molar-refractivity contribution in [3.63, 3.8) is 0 Å². The van der Waals surface area contributed by atoms with E-state index in [-0.39, 0.29) is 0 Å². The molecule has 0 heterocycles. The van der Waals surface area contributed by atoms with Crippen LogP contribution in [0.15, 0.2) is 0 Å². The molecule has 0 aliphatic carbocycles. The van der Waals surface area contributed by atoms with Crippen LogP contribution < -0.4 is 0 Å². The molecule has 2 nitrogen and oxygen atoms in total. The molecule has 0 saturated heterocycles. The quantitative estimate of drug-likeness (QED) is 0.492. The minimum atomic E-state index is -2.15. The first kappa shape index (κ1) is 10.4. The Bertz CT molecular complexity index is 85.8. The molecule has 0 bridgehead atoms. The van der Waals surface area contributed by atoms with Crippen molar-refractivity contribution >= 4 is 19.0 Å². The molecule has 1 atom stereocenters. The van der Waals surface area contributed by atoms with Gasteiger partial charge in [0.05, 0.1) is 0 Å². The maximum atomic E-state index is 9.50. The minimum absolute atomic E-state index is 0.677. The largest absolute Gasteiger partial charge is 0.445 e. The second-order valence-corrected chi connectivity index (χ2v) is 7.32.